The number of carboxylic acid groups (broad SMARTS) is 1. The van der Waals surface area contributed by atoms with Crippen molar-refractivity contribution in [2.75, 3.05) is 0 Å². The number of aliphatic imine (C=N–C) groups is 1. The molecule has 0 aromatic heterocycles. The Morgan fingerprint density at radius 1 is 1.38 bits per heavy atom. The molecule has 8 heteroatoms. The highest BCUT2D eigenvalue weighted by molar-refractivity contribution is 5.92. The van der Waals surface area contributed by atoms with Gasteiger partial charge in [-0.15, -0.1) is 0 Å². The lowest BCUT2D eigenvalue weighted by atomic mass is 9.54. The first-order valence-electron chi connectivity index (χ1n) is 9.46. The van der Waals surface area contributed by atoms with Crippen LogP contribution < -0.4 is 0 Å². The maximum Gasteiger partial charge on any atom is 0.416 e. The van der Waals surface area contributed by atoms with Gasteiger partial charge in [0.1, 0.15) is 11.2 Å². The number of nitrogens with zero attached hydrogens (tertiary/aromatic N) is 2. The molecule has 0 saturated carbocycles. The van der Waals surface area contributed by atoms with Crippen molar-refractivity contribution >= 4 is 11.7 Å². The molecule has 0 radical (unpaired) electrons. The lowest BCUT2D eigenvalue weighted by Gasteiger charge is -2.49. The summed E-state index contributed by atoms with van der Waals surface area (Å²) in [6.45, 7) is 6.60. The van der Waals surface area contributed by atoms with Gasteiger partial charge in [-0.25, -0.2) is 4.39 Å². The Morgan fingerprint density at radius 2 is 2.00 bits per heavy atom. The van der Waals surface area contributed by atoms with Gasteiger partial charge >= 0.3 is 12.1 Å². The minimum Gasteiger partial charge on any atom is -0.481 e. The van der Waals surface area contributed by atoms with E-state index in [1.165, 1.54) is 6.92 Å². The van der Waals surface area contributed by atoms with Crippen LogP contribution in [-0.4, -0.2) is 22.8 Å². The molecule has 0 fully saturated rings. The third kappa shape index (κ3) is 3.75. The molecule has 1 aliphatic rings. The predicted molar refractivity (Wildman–Crippen MR) is 100.0 cm³/mol. The van der Waals surface area contributed by atoms with Gasteiger partial charge in [0.2, 0.25) is 0 Å². The summed E-state index contributed by atoms with van der Waals surface area (Å²) in [5.41, 5.74) is -3.07. The zero-order valence-electron chi connectivity index (χ0n) is 16.7. The molecule has 1 N–H and O–H groups in total. The fourth-order valence-corrected chi connectivity index (χ4v) is 4.65. The maximum absolute atomic E-state index is 13.8. The summed E-state index contributed by atoms with van der Waals surface area (Å²) in [5.74, 6) is -5.50. The number of hydrogen-bond acceptors (Lipinski definition) is 3. The fraction of sp³-hybridized carbons (Fsp3) is 0.571. The van der Waals surface area contributed by atoms with Crippen LogP contribution in [0.1, 0.15) is 57.6 Å². The van der Waals surface area contributed by atoms with Crippen molar-refractivity contribution in [3.05, 3.63) is 35.1 Å². The summed E-state index contributed by atoms with van der Waals surface area (Å²) in [6, 6.07) is 3.38. The molecule has 0 spiro atoms. The van der Waals surface area contributed by atoms with Gasteiger partial charge < -0.3 is 5.11 Å². The van der Waals surface area contributed by atoms with E-state index in [-0.39, 0.29) is 5.56 Å². The molecular formula is C21H24F4N2O2. The summed E-state index contributed by atoms with van der Waals surface area (Å²) in [4.78, 5) is 17.1. The fourth-order valence-electron chi connectivity index (χ4n) is 4.65. The van der Waals surface area contributed by atoms with E-state index < -0.39 is 52.7 Å². The van der Waals surface area contributed by atoms with Crippen molar-refractivity contribution in [2.45, 2.75) is 58.7 Å². The molecule has 0 bridgehead atoms. The summed E-state index contributed by atoms with van der Waals surface area (Å²) >= 11 is 0. The average Bonchev–Trinajstić information content (AvgIpc) is 2.60. The van der Waals surface area contributed by atoms with Crippen molar-refractivity contribution in [1.29, 1.82) is 5.26 Å². The van der Waals surface area contributed by atoms with Crippen LogP contribution in [0.15, 0.2) is 23.2 Å². The molecule has 1 heterocycles. The highest BCUT2D eigenvalue weighted by Crippen LogP contribution is 2.56. The minimum atomic E-state index is -4.90. The topological polar surface area (TPSA) is 73.5 Å². The lowest BCUT2D eigenvalue weighted by molar-refractivity contribution is -0.158. The quantitative estimate of drug-likeness (QED) is 0.655. The van der Waals surface area contributed by atoms with Crippen molar-refractivity contribution in [1.82, 2.24) is 0 Å². The first kappa shape index (κ1) is 22.9. The van der Waals surface area contributed by atoms with Gasteiger partial charge in [-0.1, -0.05) is 33.3 Å². The smallest absolute Gasteiger partial charge is 0.416 e. The Balaban J connectivity index is 2.96. The highest BCUT2D eigenvalue weighted by Gasteiger charge is 2.60. The van der Waals surface area contributed by atoms with E-state index in [0.29, 0.717) is 24.6 Å². The standard InChI is InChI=1S/C21H24F4N2O2/c1-5-6-17-20(11(2)3,19(28)29)18(15(10-26)12(4)27-17)14-8-7-13(22)9-16(14)21(23,24)25/h7-9,11,15,17-18H,5-6H2,1-4H3,(H,28,29). The van der Waals surface area contributed by atoms with Gasteiger partial charge in [0.05, 0.1) is 23.6 Å². The average molecular weight is 412 g/mol. The SMILES string of the molecule is CCCC1N=C(C)C(C#N)C(c2ccc(F)cc2C(F)(F)F)C1(C(=O)O)C(C)C. The lowest BCUT2D eigenvalue weighted by Crippen LogP contribution is -2.56. The van der Waals surface area contributed by atoms with Gasteiger partial charge in [0, 0.05) is 11.6 Å². The third-order valence-electron chi connectivity index (χ3n) is 5.89. The second-order valence-electron chi connectivity index (χ2n) is 7.78. The van der Waals surface area contributed by atoms with Crippen LogP contribution in [-0.2, 0) is 11.0 Å². The molecule has 29 heavy (non-hydrogen) atoms. The van der Waals surface area contributed by atoms with Crippen LogP contribution in [0.25, 0.3) is 0 Å². The summed E-state index contributed by atoms with van der Waals surface area (Å²) in [7, 11) is 0. The summed E-state index contributed by atoms with van der Waals surface area (Å²) in [5, 5.41) is 20.1. The number of halogens is 4. The number of alkyl halides is 3. The number of hydrogen-bond donors (Lipinski definition) is 1. The van der Waals surface area contributed by atoms with Crippen molar-refractivity contribution in [3.8, 4) is 6.07 Å². The van der Waals surface area contributed by atoms with E-state index in [4.69, 9.17) is 0 Å². The molecule has 1 aromatic carbocycles. The van der Waals surface area contributed by atoms with Gasteiger partial charge in [-0.05, 0) is 37.0 Å². The van der Waals surface area contributed by atoms with E-state index in [1.54, 1.807) is 13.8 Å². The molecule has 0 amide bonds. The van der Waals surface area contributed by atoms with Crippen LogP contribution in [0, 0.1) is 34.4 Å². The third-order valence-corrected chi connectivity index (χ3v) is 5.89. The van der Waals surface area contributed by atoms with Crippen LogP contribution in [0.5, 0.6) is 0 Å². The van der Waals surface area contributed by atoms with Gasteiger partial charge in [-0.2, -0.15) is 18.4 Å². The van der Waals surface area contributed by atoms with E-state index in [2.05, 4.69) is 4.99 Å². The van der Waals surface area contributed by atoms with E-state index in [0.717, 1.165) is 12.1 Å². The Bertz CT molecular complexity index is 857. The number of aliphatic carboxylic acids is 1. The summed E-state index contributed by atoms with van der Waals surface area (Å²) < 4.78 is 55.1. The first-order valence-corrected chi connectivity index (χ1v) is 9.46. The van der Waals surface area contributed by atoms with Gasteiger partial charge in [0.25, 0.3) is 0 Å². The Labute approximate surface area is 167 Å². The van der Waals surface area contributed by atoms with Crippen LogP contribution in [0.2, 0.25) is 0 Å². The first-order chi connectivity index (χ1) is 13.4. The molecule has 4 unspecified atom stereocenters. The van der Waals surface area contributed by atoms with E-state index >= 15 is 0 Å². The molecule has 4 atom stereocenters. The zero-order valence-corrected chi connectivity index (χ0v) is 16.7. The van der Waals surface area contributed by atoms with Crippen molar-refractivity contribution < 1.29 is 27.5 Å². The van der Waals surface area contributed by atoms with Crippen LogP contribution in [0.4, 0.5) is 17.6 Å². The van der Waals surface area contributed by atoms with Gasteiger partial charge in [0.15, 0.2) is 0 Å². The molecule has 0 aliphatic carbocycles. The number of benzene rings is 1. The monoisotopic (exact) mass is 412 g/mol. The van der Waals surface area contributed by atoms with Crippen LogP contribution >= 0.6 is 0 Å². The highest BCUT2D eigenvalue weighted by atomic mass is 19.4. The molecule has 0 saturated heterocycles. The Hall–Kier alpha value is -2.43. The Morgan fingerprint density at radius 3 is 2.45 bits per heavy atom. The normalized spacial score (nSPS) is 27.4. The second-order valence-corrected chi connectivity index (χ2v) is 7.78. The van der Waals surface area contributed by atoms with Crippen LogP contribution in [0.3, 0.4) is 0 Å². The molecule has 158 valence electrons. The van der Waals surface area contributed by atoms with Gasteiger partial charge in [-0.3, -0.25) is 9.79 Å². The molecule has 4 nitrogen and oxygen atoms in total. The number of carboxylic acids is 1. The number of nitriles is 1. The van der Waals surface area contributed by atoms with Crippen molar-refractivity contribution in [2.24, 2.45) is 22.2 Å². The molecule has 1 aromatic rings. The summed E-state index contributed by atoms with van der Waals surface area (Å²) in [6.07, 6.45) is -3.98. The largest absolute Gasteiger partial charge is 0.481 e. The molecular weight excluding hydrogens is 388 g/mol. The molecule has 2 rings (SSSR count). The number of carbonyl (C=O) groups is 1. The van der Waals surface area contributed by atoms with E-state index in [9.17, 15) is 32.7 Å². The maximum atomic E-state index is 13.8. The Kier molecular flexibility index (Phi) is 6.41. The number of rotatable bonds is 5. The minimum absolute atomic E-state index is 0.297. The second kappa shape index (κ2) is 8.13. The van der Waals surface area contributed by atoms with E-state index in [1.807, 2.05) is 13.0 Å². The predicted octanol–water partition coefficient (Wildman–Crippen LogP) is 5.44. The van der Waals surface area contributed by atoms with Crippen molar-refractivity contribution in [3.63, 3.8) is 0 Å². The zero-order chi connectivity index (χ0) is 22.1. The molecule has 1 aliphatic heterocycles.